The molecular weight excluding hydrogens is 955 g/mol. The molecule has 69 heavy (non-hydrogen) atoms. The van der Waals surface area contributed by atoms with E-state index in [1.54, 1.807) is 18.2 Å². The molecule has 3 aliphatic heterocycles. The van der Waals surface area contributed by atoms with Gasteiger partial charge < -0.3 is 25.4 Å². The first-order valence-electron chi connectivity index (χ1n) is 23.2. The summed E-state index contributed by atoms with van der Waals surface area (Å²) in [6, 6.07) is 7.38. The number of anilines is 1. The average molecular weight is 1020 g/mol. The number of amides is 4. The number of carbonyl (C=O) groups excluding carboxylic acids is 4. The number of hydrazine groups is 1. The van der Waals surface area contributed by atoms with E-state index in [9.17, 15) is 58.1 Å². The lowest BCUT2D eigenvalue weighted by Crippen LogP contribution is -2.52. The maximum atomic E-state index is 13.4. The molecule has 0 aromatic heterocycles. The Morgan fingerprint density at radius 1 is 0.870 bits per heavy atom. The molecule has 8 N–H and O–H groups in total. The predicted molar refractivity (Wildman–Crippen MR) is 257 cm³/mol. The van der Waals surface area contributed by atoms with Gasteiger partial charge in [-0.1, -0.05) is 25.3 Å². The van der Waals surface area contributed by atoms with Crippen LogP contribution in [0.1, 0.15) is 122 Å². The van der Waals surface area contributed by atoms with Crippen molar-refractivity contribution in [2.45, 2.75) is 137 Å². The summed E-state index contributed by atoms with van der Waals surface area (Å²) in [4.78, 5) is 52.3. The van der Waals surface area contributed by atoms with Gasteiger partial charge in [0.25, 0.3) is 20.2 Å². The van der Waals surface area contributed by atoms with Gasteiger partial charge in [-0.25, -0.2) is 14.3 Å². The molecule has 3 heterocycles. The first-order chi connectivity index (χ1) is 32.4. The average Bonchev–Trinajstić information content (AvgIpc) is 3.62. The van der Waals surface area contributed by atoms with Crippen LogP contribution in [0.25, 0.3) is 0 Å². The van der Waals surface area contributed by atoms with E-state index in [1.165, 1.54) is 24.3 Å². The van der Waals surface area contributed by atoms with Gasteiger partial charge >= 0.3 is 0 Å². The Morgan fingerprint density at radius 2 is 1.55 bits per heavy atom. The number of carbonyl (C=O) groups is 4. The van der Waals surface area contributed by atoms with E-state index >= 15 is 0 Å². The lowest BCUT2D eigenvalue weighted by molar-refractivity contribution is -0.438. The topological polar surface area (TPSA) is 315 Å². The molecular formula is C46H65N7O13S3. The Kier molecular flexibility index (Phi) is 18.5. The summed E-state index contributed by atoms with van der Waals surface area (Å²) in [6.07, 6.45) is 11.2. The summed E-state index contributed by atoms with van der Waals surface area (Å²) in [7, 11) is -13.8. The lowest BCUT2D eigenvalue weighted by atomic mass is 9.77. The Hall–Kier alpha value is -5.04. The van der Waals surface area contributed by atoms with E-state index < -0.39 is 64.8 Å². The van der Waals surface area contributed by atoms with Crippen LogP contribution < -0.4 is 32.1 Å². The summed E-state index contributed by atoms with van der Waals surface area (Å²) in [5.41, 5.74) is 4.11. The number of nitrogens with one attached hydrogen (secondary N) is 4. The molecule has 0 saturated carbocycles. The van der Waals surface area contributed by atoms with E-state index in [2.05, 4.69) is 21.4 Å². The minimum atomic E-state index is -4.79. The molecule has 23 heteroatoms. The summed E-state index contributed by atoms with van der Waals surface area (Å²) in [5.74, 6) is 3.09. The number of rotatable bonds is 13. The second-order valence-corrected chi connectivity index (χ2v) is 22.8. The highest BCUT2D eigenvalue weighted by Gasteiger charge is 2.46. The van der Waals surface area contributed by atoms with E-state index in [4.69, 9.17) is 5.84 Å². The number of fused-ring (bicyclic) bond motifs is 5. The number of hydrogen-bond donors (Lipinski definition) is 7. The smallest absolute Gasteiger partial charge is 0.294 e. The van der Waals surface area contributed by atoms with E-state index in [0.717, 1.165) is 5.71 Å². The van der Waals surface area contributed by atoms with Crippen LogP contribution in [-0.4, -0.2) is 111 Å². The van der Waals surface area contributed by atoms with Crippen molar-refractivity contribution in [2.75, 3.05) is 36.8 Å². The van der Waals surface area contributed by atoms with Crippen molar-refractivity contribution in [3.05, 3.63) is 71.5 Å². The van der Waals surface area contributed by atoms with Crippen LogP contribution in [0, 0.1) is 0 Å². The first-order valence-corrected chi connectivity index (χ1v) is 27.6. The van der Waals surface area contributed by atoms with Gasteiger partial charge in [0.1, 0.15) is 22.7 Å². The normalized spacial score (nSPS) is 22.2. The molecule has 3 aliphatic rings. The van der Waals surface area contributed by atoms with E-state index in [-0.39, 0.29) is 66.9 Å². The molecule has 0 bridgehead atoms. The first kappa shape index (κ1) is 54.9. The van der Waals surface area contributed by atoms with Crippen LogP contribution in [0.4, 0.5) is 11.4 Å². The van der Waals surface area contributed by atoms with Crippen LogP contribution in [0.5, 0.6) is 0 Å². The fraction of sp³-hybridized carbons (Fsp3) is 0.543. The van der Waals surface area contributed by atoms with Crippen LogP contribution in [0.2, 0.25) is 0 Å². The zero-order valence-corrected chi connectivity index (χ0v) is 41.7. The molecule has 20 nitrogen and oxygen atoms in total. The predicted octanol–water partition coefficient (Wildman–Crippen LogP) is 3.50. The van der Waals surface area contributed by atoms with Crippen molar-refractivity contribution < 1.29 is 62.7 Å². The van der Waals surface area contributed by atoms with Crippen molar-refractivity contribution in [3.63, 3.8) is 0 Å². The summed E-state index contributed by atoms with van der Waals surface area (Å²) >= 11 is 0. The summed E-state index contributed by atoms with van der Waals surface area (Å²) in [5, 5.41) is 8.35. The molecule has 0 fully saturated rings. The molecule has 0 aliphatic carbocycles. The minimum Gasteiger partial charge on any atom is -0.744 e. The van der Waals surface area contributed by atoms with E-state index in [0.29, 0.717) is 99.0 Å². The molecule has 2 aromatic carbocycles. The maximum absolute atomic E-state index is 13.4. The van der Waals surface area contributed by atoms with Gasteiger partial charge in [0, 0.05) is 79.8 Å². The Labute approximate surface area is 404 Å². The Bertz CT molecular complexity index is 2700. The van der Waals surface area contributed by atoms with Crippen LogP contribution in [0.3, 0.4) is 0 Å². The van der Waals surface area contributed by atoms with Crippen LogP contribution in [-0.2, 0) is 60.4 Å². The van der Waals surface area contributed by atoms with Crippen molar-refractivity contribution in [1.82, 2.24) is 21.4 Å². The zero-order valence-electron chi connectivity index (χ0n) is 39.3. The number of nitrogens with zero attached hydrogens (tertiary/aromatic N) is 2. The third-order valence-electron chi connectivity index (χ3n) is 13.0. The molecule has 2 atom stereocenters. The van der Waals surface area contributed by atoms with Crippen LogP contribution >= 0.6 is 0 Å². The third-order valence-corrected chi connectivity index (χ3v) is 15.5. The van der Waals surface area contributed by atoms with Crippen molar-refractivity contribution >= 4 is 71.1 Å². The molecule has 4 amide bonds. The quantitative estimate of drug-likeness (QED) is 0.0377. The van der Waals surface area contributed by atoms with E-state index in [1.807, 2.05) is 42.4 Å². The number of allylic oxidation sites excluding steroid dienone is 4. The highest BCUT2D eigenvalue weighted by molar-refractivity contribution is 7.86. The number of unbranched alkanes of at least 4 members (excludes halogenated alkanes) is 2. The van der Waals surface area contributed by atoms with Crippen LogP contribution in [0.15, 0.2) is 70.1 Å². The molecule has 380 valence electrons. The number of benzene rings is 2. The molecule has 0 saturated heterocycles. The van der Waals surface area contributed by atoms with Gasteiger partial charge in [-0.15, -0.1) is 0 Å². The largest absolute Gasteiger partial charge is 0.744 e. The molecule has 2 aromatic rings. The van der Waals surface area contributed by atoms with Crippen molar-refractivity contribution in [3.8, 4) is 0 Å². The van der Waals surface area contributed by atoms with Gasteiger partial charge in [-0.05, 0) is 108 Å². The van der Waals surface area contributed by atoms with Gasteiger partial charge in [0.05, 0.1) is 21.0 Å². The molecule has 0 radical (unpaired) electrons. The maximum Gasteiger partial charge on any atom is 0.294 e. The molecule has 5 rings (SSSR count). The van der Waals surface area contributed by atoms with Gasteiger partial charge in [-0.2, -0.15) is 21.4 Å². The van der Waals surface area contributed by atoms with Gasteiger partial charge in [0.2, 0.25) is 29.3 Å². The molecule has 2 unspecified atom stereocenters. The standard InChI is InChI=1S/C46H65N7O13S3/c1-45(2)34-29-32(68(61,62)63)20-22-37(34)52-26-12-6-9-17-41(54)49-31-36(44(57)48-25-11-5-8-19-43(56)51-47)50-42(55)18-7-4-10-24-46(3)35-30-33(69(64,65)66)21-23-38(35)53(27-14-28-67(58,59)60)40(46)16-13-15-39(45)52/h13,15-16,20-23,29-30,36H,4-12,14,17-19,24-28,31,47H2,1-3H3,(H6-,48,49,50,51,54,55,56,57,58,59,60,61,62,63,64,65,66). The summed E-state index contributed by atoms with van der Waals surface area (Å²) < 4.78 is 107. The Morgan fingerprint density at radius 3 is 2.23 bits per heavy atom. The fourth-order valence-corrected chi connectivity index (χ4v) is 10.8. The lowest BCUT2D eigenvalue weighted by Gasteiger charge is -2.30. The van der Waals surface area contributed by atoms with Gasteiger partial charge in [-0.3, -0.25) is 33.7 Å². The fourth-order valence-electron chi connectivity index (χ4n) is 9.33. The summed E-state index contributed by atoms with van der Waals surface area (Å²) in [6.45, 7) is 6.38. The highest BCUT2D eigenvalue weighted by Crippen LogP contribution is 2.51. The molecule has 0 spiro atoms. The van der Waals surface area contributed by atoms with Gasteiger partial charge in [0.15, 0.2) is 5.71 Å². The van der Waals surface area contributed by atoms with Crippen molar-refractivity contribution in [2.24, 2.45) is 5.84 Å². The third kappa shape index (κ3) is 14.5. The second kappa shape index (κ2) is 23.3. The second-order valence-electron chi connectivity index (χ2n) is 18.4. The minimum absolute atomic E-state index is 0.00152. The zero-order chi connectivity index (χ0) is 50.8. The monoisotopic (exact) mass is 1020 g/mol. The van der Waals surface area contributed by atoms with Crippen molar-refractivity contribution in [1.29, 1.82) is 0 Å². The highest BCUT2D eigenvalue weighted by atomic mass is 32.2. The SMILES string of the molecule is CC1(C)C2=[N+](CCCCCC(=O)NCC(C(=O)NCCCCCC(=O)NN)NC(=O)CCCCCC3(C)/C(=C/C=C/2)N(CCCS(=O)(=O)O)c2ccc(S(=O)(=O)O)cc23)c2ccc(S(=O)(=O)[O-])cc21. The Balaban J connectivity index is 1.51. The number of hydrogen-bond acceptors (Lipinski definition) is 13. The number of nitrogens with two attached hydrogens (primary N) is 1.